The summed E-state index contributed by atoms with van der Waals surface area (Å²) in [6.45, 7) is 0. The van der Waals surface area contributed by atoms with Crippen molar-refractivity contribution in [3.8, 4) is 11.5 Å². The van der Waals surface area contributed by atoms with E-state index in [1.165, 1.54) is 6.07 Å². The van der Waals surface area contributed by atoms with Crippen molar-refractivity contribution in [3.63, 3.8) is 0 Å². The van der Waals surface area contributed by atoms with Gasteiger partial charge in [0.1, 0.15) is 33.6 Å². The van der Waals surface area contributed by atoms with Gasteiger partial charge in [-0.05, 0) is 24.3 Å². The molecule has 24 heavy (non-hydrogen) atoms. The van der Waals surface area contributed by atoms with Gasteiger partial charge in [-0.3, -0.25) is 4.79 Å². The first kappa shape index (κ1) is 15.3. The second kappa shape index (κ2) is 5.27. The largest absolute Gasteiger partial charge is 0.507 e. The van der Waals surface area contributed by atoms with Crippen LogP contribution in [0.15, 0.2) is 33.5 Å². The molecule has 0 atom stereocenters. The summed E-state index contributed by atoms with van der Waals surface area (Å²) in [6, 6.07) is 4.38. The summed E-state index contributed by atoms with van der Waals surface area (Å²) in [6.07, 6.45) is 0. The molecular formula is C16H10O8. The van der Waals surface area contributed by atoms with Crippen molar-refractivity contribution in [1.82, 2.24) is 0 Å². The average molecular weight is 330 g/mol. The average Bonchev–Trinajstić information content (AvgIpc) is 2.54. The molecule has 8 nitrogen and oxygen atoms in total. The van der Waals surface area contributed by atoms with Crippen LogP contribution >= 0.6 is 0 Å². The molecule has 0 saturated heterocycles. The van der Waals surface area contributed by atoms with Crippen molar-refractivity contribution >= 4 is 33.9 Å². The zero-order valence-electron chi connectivity index (χ0n) is 12.2. The summed E-state index contributed by atoms with van der Waals surface area (Å²) in [4.78, 5) is 35.6. The van der Waals surface area contributed by atoms with Gasteiger partial charge in [0.2, 0.25) is 5.43 Å². The standard InChI is InChI=1S/C16H10O8/c1-23-16(22)12-7(17)2-3-9-13(12)14(19)11-8(18)4-6(15(20)21)5-10(11)24-9/h2-5,17-18H,1H3,(H,20,21). The van der Waals surface area contributed by atoms with E-state index in [9.17, 15) is 24.6 Å². The highest BCUT2D eigenvalue weighted by Crippen LogP contribution is 2.31. The number of aromatic carboxylic acids is 1. The molecule has 3 rings (SSSR count). The molecule has 2 aromatic carbocycles. The van der Waals surface area contributed by atoms with Crippen molar-refractivity contribution in [1.29, 1.82) is 0 Å². The maximum atomic E-state index is 12.7. The Morgan fingerprint density at radius 3 is 2.38 bits per heavy atom. The maximum Gasteiger partial charge on any atom is 0.342 e. The van der Waals surface area contributed by atoms with Crippen LogP contribution in [-0.4, -0.2) is 34.4 Å². The minimum Gasteiger partial charge on any atom is -0.507 e. The van der Waals surface area contributed by atoms with Gasteiger partial charge in [0.05, 0.1) is 18.1 Å². The number of hydrogen-bond acceptors (Lipinski definition) is 7. The summed E-state index contributed by atoms with van der Waals surface area (Å²) in [5, 5.41) is 28.3. The van der Waals surface area contributed by atoms with Crippen LogP contribution in [0.1, 0.15) is 20.7 Å². The fourth-order valence-electron chi connectivity index (χ4n) is 2.47. The molecule has 0 fully saturated rings. The van der Waals surface area contributed by atoms with E-state index in [0.717, 1.165) is 25.3 Å². The van der Waals surface area contributed by atoms with Gasteiger partial charge in [0.15, 0.2) is 0 Å². The number of ether oxygens (including phenoxy) is 1. The fourth-order valence-corrected chi connectivity index (χ4v) is 2.47. The highest BCUT2D eigenvalue weighted by atomic mass is 16.5. The minimum absolute atomic E-state index is 0.0624. The smallest absolute Gasteiger partial charge is 0.342 e. The highest BCUT2D eigenvalue weighted by Gasteiger charge is 2.23. The van der Waals surface area contributed by atoms with Gasteiger partial charge in [-0.2, -0.15) is 0 Å². The number of benzene rings is 2. The number of phenols is 2. The minimum atomic E-state index is -1.31. The van der Waals surface area contributed by atoms with Gasteiger partial charge in [-0.15, -0.1) is 0 Å². The Kier molecular flexibility index (Phi) is 3.37. The van der Waals surface area contributed by atoms with E-state index in [1.807, 2.05) is 0 Å². The third-order valence-corrected chi connectivity index (χ3v) is 3.54. The molecule has 0 spiro atoms. The summed E-state index contributed by atoms with van der Waals surface area (Å²) in [5.74, 6) is -3.36. The van der Waals surface area contributed by atoms with Gasteiger partial charge in [-0.25, -0.2) is 9.59 Å². The van der Waals surface area contributed by atoms with Crippen LogP contribution in [0.25, 0.3) is 21.9 Å². The Morgan fingerprint density at radius 1 is 1.04 bits per heavy atom. The van der Waals surface area contributed by atoms with E-state index in [4.69, 9.17) is 9.52 Å². The number of hydrogen-bond donors (Lipinski definition) is 3. The molecule has 0 aliphatic carbocycles. The second-order valence-corrected chi connectivity index (χ2v) is 4.93. The van der Waals surface area contributed by atoms with Crippen molar-refractivity contribution in [2.75, 3.05) is 7.11 Å². The van der Waals surface area contributed by atoms with E-state index in [0.29, 0.717) is 0 Å². The molecule has 0 bridgehead atoms. The molecule has 3 aromatic rings. The maximum absolute atomic E-state index is 12.7. The molecule has 0 radical (unpaired) electrons. The molecule has 1 heterocycles. The zero-order valence-corrected chi connectivity index (χ0v) is 12.2. The summed E-state index contributed by atoms with van der Waals surface area (Å²) in [5.41, 5.74) is -1.68. The van der Waals surface area contributed by atoms with Crippen LogP contribution in [0.2, 0.25) is 0 Å². The van der Waals surface area contributed by atoms with E-state index in [1.54, 1.807) is 0 Å². The number of fused-ring (bicyclic) bond motifs is 2. The Morgan fingerprint density at radius 2 is 1.75 bits per heavy atom. The van der Waals surface area contributed by atoms with Crippen molar-refractivity contribution < 1.29 is 34.1 Å². The third kappa shape index (κ3) is 2.12. The normalized spacial score (nSPS) is 10.9. The predicted molar refractivity (Wildman–Crippen MR) is 81.6 cm³/mol. The predicted octanol–water partition coefficient (Wildman–Crippen LogP) is 1.84. The lowest BCUT2D eigenvalue weighted by Crippen LogP contribution is -2.11. The van der Waals surface area contributed by atoms with Crippen LogP contribution in [-0.2, 0) is 4.74 Å². The van der Waals surface area contributed by atoms with Crippen LogP contribution in [0.4, 0.5) is 0 Å². The lowest BCUT2D eigenvalue weighted by Gasteiger charge is -2.09. The molecule has 0 saturated carbocycles. The lowest BCUT2D eigenvalue weighted by atomic mass is 10.0. The van der Waals surface area contributed by atoms with E-state index in [-0.39, 0.29) is 27.5 Å². The molecule has 0 aliphatic rings. The molecule has 122 valence electrons. The summed E-state index contributed by atoms with van der Waals surface area (Å²) >= 11 is 0. The number of carboxylic acids is 1. The van der Waals surface area contributed by atoms with Crippen LogP contribution in [0.3, 0.4) is 0 Å². The van der Waals surface area contributed by atoms with Crippen molar-refractivity contribution in [3.05, 3.63) is 45.6 Å². The topological polar surface area (TPSA) is 134 Å². The lowest BCUT2D eigenvalue weighted by molar-refractivity contribution is 0.0598. The highest BCUT2D eigenvalue weighted by molar-refractivity contribution is 6.08. The van der Waals surface area contributed by atoms with Gasteiger partial charge in [-0.1, -0.05) is 0 Å². The van der Waals surface area contributed by atoms with Crippen LogP contribution in [0, 0.1) is 0 Å². The number of carboxylic acid groups (broad SMARTS) is 1. The molecule has 1 aromatic heterocycles. The van der Waals surface area contributed by atoms with Crippen molar-refractivity contribution in [2.24, 2.45) is 0 Å². The number of carbonyl (C=O) groups excluding carboxylic acids is 1. The molecule has 0 amide bonds. The number of aromatic hydroxyl groups is 2. The van der Waals surface area contributed by atoms with Gasteiger partial charge in [0, 0.05) is 0 Å². The fraction of sp³-hybridized carbons (Fsp3) is 0.0625. The summed E-state index contributed by atoms with van der Waals surface area (Å²) < 4.78 is 10.0. The van der Waals surface area contributed by atoms with E-state index in [2.05, 4.69) is 4.74 Å². The molecule has 8 heteroatoms. The molecule has 3 N–H and O–H groups in total. The number of methoxy groups -OCH3 is 1. The number of esters is 1. The monoisotopic (exact) mass is 330 g/mol. The van der Waals surface area contributed by atoms with E-state index < -0.39 is 34.4 Å². The zero-order chi connectivity index (χ0) is 17.6. The van der Waals surface area contributed by atoms with Crippen LogP contribution in [0.5, 0.6) is 11.5 Å². The van der Waals surface area contributed by atoms with Gasteiger partial charge in [0.25, 0.3) is 0 Å². The number of carbonyl (C=O) groups is 2. The van der Waals surface area contributed by atoms with Gasteiger partial charge >= 0.3 is 11.9 Å². The Bertz CT molecular complexity index is 1080. The first-order valence-electron chi connectivity index (χ1n) is 6.62. The quantitative estimate of drug-likeness (QED) is 0.478. The van der Waals surface area contributed by atoms with Crippen molar-refractivity contribution in [2.45, 2.75) is 0 Å². The van der Waals surface area contributed by atoms with Gasteiger partial charge < -0.3 is 24.5 Å². The Balaban J connectivity index is 2.54. The summed E-state index contributed by atoms with van der Waals surface area (Å²) in [7, 11) is 1.08. The Labute approximate surface area is 133 Å². The van der Waals surface area contributed by atoms with Crippen LogP contribution < -0.4 is 5.43 Å². The molecular weight excluding hydrogens is 320 g/mol. The molecule has 0 unspecified atom stereocenters. The first-order valence-corrected chi connectivity index (χ1v) is 6.62. The first-order chi connectivity index (χ1) is 11.3. The second-order valence-electron chi connectivity index (χ2n) is 4.93. The Hall–Kier alpha value is -3.55. The third-order valence-electron chi connectivity index (χ3n) is 3.54. The van der Waals surface area contributed by atoms with E-state index >= 15 is 0 Å². The molecule has 0 aliphatic heterocycles. The SMILES string of the molecule is COC(=O)c1c(O)ccc2oc3cc(C(=O)O)cc(O)c3c(=O)c12. The number of phenolic OH excluding ortho intramolecular Hbond substituents is 2. The number of rotatable bonds is 2.